The molecular weight excluding hydrogens is 406 g/mol. The first-order valence-corrected chi connectivity index (χ1v) is 10.4. The van der Waals surface area contributed by atoms with E-state index in [1.54, 1.807) is 43.0 Å². The zero-order valence-electron chi connectivity index (χ0n) is 15.5. The lowest BCUT2D eigenvalue weighted by atomic mass is 10.1. The van der Waals surface area contributed by atoms with Crippen molar-refractivity contribution in [2.24, 2.45) is 0 Å². The number of thioether (sulfide) groups is 1. The molecule has 0 spiro atoms. The predicted octanol–water partition coefficient (Wildman–Crippen LogP) is 4.35. The van der Waals surface area contributed by atoms with Gasteiger partial charge in [-0.15, -0.1) is 0 Å². The van der Waals surface area contributed by atoms with Gasteiger partial charge in [0.2, 0.25) is 5.91 Å². The molecule has 2 unspecified atom stereocenters. The Balaban J connectivity index is 2.10. The van der Waals surface area contributed by atoms with Gasteiger partial charge in [0.05, 0.1) is 16.6 Å². The minimum Gasteiger partial charge on any atom is -0.348 e. The molecule has 2 rings (SSSR count). The number of rotatable bonds is 8. The first kappa shape index (κ1) is 22.2. The molecule has 2 atom stereocenters. The van der Waals surface area contributed by atoms with Gasteiger partial charge in [-0.3, -0.25) is 9.59 Å². The van der Waals surface area contributed by atoms with E-state index in [0.717, 1.165) is 12.1 Å². The Morgan fingerprint density at radius 2 is 1.82 bits per heavy atom. The second kappa shape index (κ2) is 10.4. The number of nitrogens with one attached hydrogen (secondary N) is 2. The molecule has 0 aliphatic heterocycles. The second-order valence-corrected chi connectivity index (χ2v) is 7.58. The van der Waals surface area contributed by atoms with Gasteiger partial charge in [0.1, 0.15) is 6.04 Å². The Labute approximate surface area is 172 Å². The van der Waals surface area contributed by atoms with Gasteiger partial charge >= 0.3 is 0 Å². The van der Waals surface area contributed by atoms with Gasteiger partial charge in [0, 0.05) is 0 Å². The van der Waals surface area contributed by atoms with Crippen LogP contribution in [-0.2, 0) is 4.79 Å². The van der Waals surface area contributed by atoms with E-state index in [1.807, 2.05) is 6.26 Å². The van der Waals surface area contributed by atoms with Crippen molar-refractivity contribution in [1.82, 2.24) is 10.6 Å². The fraction of sp³-hybridized carbons (Fsp3) is 0.300. The lowest BCUT2D eigenvalue weighted by Crippen LogP contribution is -2.47. The summed E-state index contributed by atoms with van der Waals surface area (Å²) >= 11 is 7.59. The molecule has 4 nitrogen and oxygen atoms in total. The number of hydrogen-bond donors (Lipinski definition) is 2. The van der Waals surface area contributed by atoms with Crippen LogP contribution in [0.3, 0.4) is 0 Å². The highest BCUT2D eigenvalue weighted by atomic mass is 35.5. The van der Waals surface area contributed by atoms with Gasteiger partial charge in [-0.25, -0.2) is 8.78 Å². The van der Waals surface area contributed by atoms with Gasteiger partial charge in [-0.05, 0) is 55.2 Å². The van der Waals surface area contributed by atoms with Crippen molar-refractivity contribution < 1.29 is 18.4 Å². The van der Waals surface area contributed by atoms with Crippen LogP contribution in [-0.4, -0.2) is 29.9 Å². The van der Waals surface area contributed by atoms with Gasteiger partial charge in [0.15, 0.2) is 11.6 Å². The van der Waals surface area contributed by atoms with Crippen molar-refractivity contribution in [3.05, 3.63) is 70.2 Å². The second-order valence-electron chi connectivity index (χ2n) is 6.19. The van der Waals surface area contributed by atoms with Crippen LogP contribution >= 0.6 is 23.4 Å². The summed E-state index contributed by atoms with van der Waals surface area (Å²) in [6, 6.07) is 8.67. The third-order valence-corrected chi connectivity index (χ3v) is 5.13. The van der Waals surface area contributed by atoms with Crippen LogP contribution in [0.15, 0.2) is 42.5 Å². The summed E-state index contributed by atoms with van der Waals surface area (Å²) in [6.45, 7) is 1.66. The first-order chi connectivity index (χ1) is 13.3. The number of amides is 2. The fourth-order valence-electron chi connectivity index (χ4n) is 2.56. The SMILES string of the molecule is CSCCC(NC(=O)c1ccccc1Cl)C(=O)NC(C)c1ccc(F)c(F)c1. The van der Waals surface area contributed by atoms with E-state index in [4.69, 9.17) is 11.6 Å². The van der Waals surface area contributed by atoms with Crippen molar-refractivity contribution in [2.75, 3.05) is 12.0 Å². The van der Waals surface area contributed by atoms with E-state index >= 15 is 0 Å². The molecule has 8 heteroatoms. The van der Waals surface area contributed by atoms with Crippen LogP contribution in [0.25, 0.3) is 0 Å². The molecule has 0 bridgehead atoms. The Hall–Kier alpha value is -2.12. The third kappa shape index (κ3) is 5.94. The normalized spacial score (nSPS) is 12.9. The van der Waals surface area contributed by atoms with E-state index in [2.05, 4.69) is 10.6 Å². The lowest BCUT2D eigenvalue weighted by Gasteiger charge is -2.22. The van der Waals surface area contributed by atoms with Crippen molar-refractivity contribution in [3.8, 4) is 0 Å². The molecule has 2 aromatic carbocycles. The molecule has 0 heterocycles. The zero-order chi connectivity index (χ0) is 20.7. The number of carbonyl (C=O) groups is 2. The van der Waals surface area contributed by atoms with Crippen LogP contribution in [0.4, 0.5) is 8.78 Å². The van der Waals surface area contributed by atoms with Crippen molar-refractivity contribution in [3.63, 3.8) is 0 Å². The zero-order valence-corrected chi connectivity index (χ0v) is 17.0. The molecule has 0 aliphatic carbocycles. The minimum atomic E-state index is -0.982. The molecule has 28 heavy (non-hydrogen) atoms. The molecule has 0 aliphatic rings. The topological polar surface area (TPSA) is 58.2 Å². The smallest absolute Gasteiger partial charge is 0.253 e. The van der Waals surface area contributed by atoms with E-state index in [1.165, 1.54) is 6.07 Å². The summed E-state index contributed by atoms with van der Waals surface area (Å²) in [5, 5.41) is 5.73. The molecule has 0 fully saturated rings. The lowest BCUT2D eigenvalue weighted by molar-refractivity contribution is -0.123. The third-order valence-electron chi connectivity index (χ3n) is 4.15. The molecule has 150 valence electrons. The standard InChI is InChI=1S/C20H21ClF2N2O2S/c1-12(13-7-8-16(22)17(23)11-13)24-20(27)18(9-10-28-2)25-19(26)14-5-3-4-6-15(14)21/h3-8,11-12,18H,9-10H2,1-2H3,(H,24,27)(H,25,26). The summed E-state index contributed by atoms with van der Waals surface area (Å²) in [4.78, 5) is 25.2. The van der Waals surface area contributed by atoms with Crippen LogP contribution in [0, 0.1) is 11.6 Å². The summed E-state index contributed by atoms with van der Waals surface area (Å²) in [5.41, 5.74) is 0.702. The molecule has 0 radical (unpaired) electrons. The summed E-state index contributed by atoms with van der Waals surface area (Å²) < 4.78 is 26.5. The molecule has 0 saturated heterocycles. The van der Waals surface area contributed by atoms with Gasteiger partial charge in [-0.2, -0.15) is 11.8 Å². The molecule has 2 aromatic rings. The first-order valence-electron chi connectivity index (χ1n) is 8.63. The number of halogens is 3. The highest BCUT2D eigenvalue weighted by Crippen LogP contribution is 2.18. The number of carbonyl (C=O) groups excluding carboxylic acids is 2. The van der Waals surface area contributed by atoms with Crippen LogP contribution in [0.5, 0.6) is 0 Å². The predicted molar refractivity (Wildman–Crippen MR) is 109 cm³/mol. The number of hydrogen-bond acceptors (Lipinski definition) is 3. The van der Waals surface area contributed by atoms with Gasteiger partial charge < -0.3 is 10.6 Å². The average molecular weight is 427 g/mol. The quantitative estimate of drug-likeness (QED) is 0.659. The average Bonchev–Trinajstić information content (AvgIpc) is 2.67. The largest absolute Gasteiger partial charge is 0.348 e. The fourth-order valence-corrected chi connectivity index (χ4v) is 3.26. The highest BCUT2D eigenvalue weighted by molar-refractivity contribution is 7.98. The summed E-state index contributed by atoms with van der Waals surface area (Å²) in [5.74, 6) is -2.14. The van der Waals surface area contributed by atoms with E-state index in [9.17, 15) is 18.4 Å². The molecule has 0 saturated carbocycles. The number of benzene rings is 2. The molecule has 0 aromatic heterocycles. The Bertz CT molecular complexity index is 851. The van der Waals surface area contributed by atoms with Crippen molar-refractivity contribution in [2.45, 2.75) is 25.4 Å². The van der Waals surface area contributed by atoms with Crippen LogP contribution < -0.4 is 10.6 Å². The molecule has 2 N–H and O–H groups in total. The highest BCUT2D eigenvalue weighted by Gasteiger charge is 2.24. The molecular formula is C20H21ClF2N2O2S. The monoisotopic (exact) mass is 426 g/mol. The minimum absolute atomic E-state index is 0.278. The van der Waals surface area contributed by atoms with E-state index in [0.29, 0.717) is 22.8 Å². The molecule has 2 amide bonds. The van der Waals surface area contributed by atoms with Gasteiger partial charge in [-0.1, -0.05) is 29.8 Å². The maximum absolute atomic E-state index is 13.4. The van der Waals surface area contributed by atoms with E-state index in [-0.39, 0.29) is 5.56 Å². The van der Waals surface area contributed by atoms with Gasteiger partial charge in [0.25, 0.3) is 5.91 Å². The van der Waals surface area contributed by atoms with Crippen molar-refractivity contribution in [1.29, 1.82) is 0 Å². The Kier molecular flexibility index (Phi) is 8.26. The summed E-state index contributed by atoms with van der Waals surface area (Å²) in [6.07, 6.45) is 2.31. The van der Waals surface area contributed by atoms with Crippen LogP contribution in [0.1, 0.15) is 35.3 Å². The van der Waals surface area contributed by atoms with Crippen molar-refractivity contribution >= 4 is 35.2 Å². The summed E-state index contributed by atoms with van der Waals surface area (Å²) in [7, 11) is 0. The Morgan fingerprint density at radius 3 is 2.46 bits per heavy atom. The maximum Gasteiger partial charge on any atom is 0.253 e. The van der Waals surface area contributed by atoms with Crippen LogP contribution in [0.2, 0.25) is 5.02 Å². The van der Waals surface area contributed by atoms with E-state index < -0.39 is 35.5 Å². The Morgan fingerprint density at radius 1 is 1.11 bits per heavy atom. The maximum atomic E-state index is 13.4.